The lowest BCUT2D eigenvalue weighted by atomic mass is 10.2. The van der Waals surface area contributed by atoms with Crippen molar-refractivity contribution in [2.24, 2.45) is 0 Å². The zero-order valence-electron chi connectivity index (χ0n) is 16.4. The summed E-state index contributed by atoms with van der Waals surface area (Å²) < 4.78 is 34.1. The molecule has 4 rings (SSSR count). The molecule has 0 atom stereocenters. The number of fused-ring (bicyclic) bond motifs is 1. The maximum absolute atomic E-state index is 13.1. The van der Waals surface area contributed by atoms with Crippen LogP contribution in [0.15, 0.2) is 51.8 Å². The van der Waals surface area contributed by atoms with E-state index in [1.807, 2.05) is 18.2 Å². The van der Waals surface area contributed by atoms with Crippen molar-refractivity contribution in [1.29, 1.82) is 0 Å². The minimum atomic E-state index is -3.70. The Balaban J connectivity index is 1.64. The van der Waals surface area contributed by atoms with Crippen molar-refractivity contribution in [3.63, 3.8) is 0 Å². The Labute approximate surface area is 183 Å². The van der Waals surface area contributed by atoms with Crippen LogP contribution in [0.25, 0.3) is 10.9 Å². The average Bonchev–Trinajstić information content (AvgIpc) is 3.39. The summed E-state index contributed by atoms with van der Waals surface area (Å²) in [5, 5.41) is 3.70. The van der Waals surface area contributed by atoms with Crippen molar-refractivity contribution in [3.05, 3.63) is 52.6 Å². The van der Waals surface area contributed by atoms with Crippen molar-refractivity contribution >= 4 is 48.5 Å². The van der Waals surface area contributed by atoms with Crippen LogP contribution in [0.5, 0.6) is 5.75 Å². The first-order valence-corrected chi connectivity index (χ1v) is 12.0. The number of carbonyl (C=O) groups excluding carboxylic acids is 1. The highest BCUT2D eigenvalue weighted by Crippen LogP contribution is 2.32. The van der Waals surface area contributed by atoms with E-state index >= 15 is 0 Å². The third-order valence-electron chi connectivity index (χ3n) is 5.01. The number of rotatable bonds is 6. The number of H-pyrrole nitrogens is 1. The first-order chi connectivity index (χ1) is 14.4. The van der Waals surface area contributed by atoms with E-state index in [-0.39, 0.29) is 16.6 Å². The summed E-state index contributed by atoms with van der Waals surface area (Å²) >= 11 is 3.41. The highest BCUT2D eigenvalue weighted by atomic mass is 79.9. The van der Waals surface area contributed by atoms with Gasteiger partial charge in [-0.25, -0.2) is 8.42 Å². The Morgan fingerprint density at radius 3 is 2.67 bits per heavy atom. The molecule has 1 fully saturated rings. The number of benzene rings is 2. The highest BCUT2D eigenvalue weighted by Gasteiger charge is 2.30. The summed E-state index contributed by atoms with van der Waals surface area (Å²) in [4.78, 5) is 15.9. The third kappa shape index (κ3) is 4.10. The van der Waals surface area contributed by atoms with E-state index < -0.39 is 10.0 Å². The van der Waals surface area contributed by atoms with Crippen LogP contribution in [-0.2, 0) is 10.0 Å². The lowest BCUT2D eigenvalue weighted by Gasteiger charge is -2.19. The molecule has 30 heavy (non-hydrogen) atoms. The third-order valence-corrected chi connectivity index (χ3v) is 7.43. The fraction of sp³-hybridized carbons (Fsp3) is 0.286. The summed E-state index contributed by atoms with van der Waals surface area (Å²) in [5.41, 5.74) is 1.61. The normalized spacial score (nSPS) is 14.9. The summed E-state index contributed by atoms with van der Waals surface area (Å²) in [6.07, 6.45) is 1.69. The molecule has 1 saturated heterocycles. The number of anilines is 1. The second kappa shape index (κ2) is 8.41. The van der Waals surface area contributed by atoms with Gasteiger partial charge in [-0.2, -0.15) is 4.31 Å². The molecule has 3 aromatic rings. The molecule has 2 aromatic carbocycles. The highest BCUT2D eigenvalue weighted by molar-refractivity contribution is 9.10. The molecule has 0 unspecified atom stereocenters. The molecule has 0 spiro atoms. The van der Waals surface area contributed by atoms with Gasteiger partial charge >= 0.3 is 0 Å². The molecular weight excluding hydrogens is 470 g/mol. The SMILES string of the molecule is CCOc1ccc(NC(=O)c2cc3ccc(Br)cc3[nH]2)cc1S(=O)(=O)N1CCCC1. The van der Waals surface area contributed by atoms with Gasteiger partial charge in [0.1, 0.15) is 16.3 Å². The summed E-state index contributed by atoms with van der Waals surface area (Å²) in [7, 11) is -3.70. The molecule has 1 amide bonds. The Hall–Kier alpha value is -2.36. The molecule has 1 aromatic heterocycles. The van der Waals surface area contributed by atoms with Crippen LogP contribution in [0.2, 0.25) is 0 Å². The number of ether oxygens (including phenoxy) is 1. The topological polar surface area (TPSA) is 91.5 Å². The van der Waals surface area contributed by atoms with Gasteiger partial charge in [-0.15, -0.1) is 0 Å². The first kappa shape index (κ1) is 20.9. The zero-order chi connectivity index (χ0) is 21.3. The first-order valence-electron chi connectivity index (χ1n) is 9.75. The number of hydrogen-bond acceptors (Lipinski definition) is 4. The van der Waals surface area contributed by atoms with Crippen LogP contribution in [0, 0.1) is 0 Å². The number of hydrogen-bond donors (Lipinski definition) is 2. The van der Waals surface area contributed by atoms with Crippen LogP contribution < -0.4 is 10.1 Å². The Bertz CT molecular complexity index is 1200. The minimum absolute atomic E-state index is 0.0737. The number of amides is 1. The van der Waals surface area contributed by atoms with Crippen molar-refractivity contribution in [2.75, 3.05) is 25.0 Å². The smallest absolute Gasteiger partial charge is 0.272 e. The predicted octanol–water partition coefficient (Wildman–Crippen LogP) is 4.37. The Morgan fingerprint density at radius 1 is 1.17 bits per heavy atom. The number of aromatic nitrogens is 1. The van der Waals surface area contributed by atoms with Gasteiger partial charge in [0, 0.05) is 34.2 Å². The van der Waals surface area contributed by atoms with Gasteiger partial charge in [0.15, 0.2) is 0 Å². The maximum atomic E-state index is 13.1. The number of halogens is 1. The molecule has 0 radical (unpaired) electrons. The molecule has 1 aliphatic heterocycles. The maximum Gasteiger partial charge on any atom is 0.272 e. The van der Waals surface area contributed by atoms with Gasteiger partial charge in [0.2, 0.25) is 10.0 Å². The average molecular weight is 492 g/mol. The molecule has 1 aliphatic rings. The van der Waals surface area contributed by atoms with Crippen LogP contribution >= 0.6 is 15.9 Å². The molecular formula is C21H22BrN3O4S. The fourth-order valence-electron chi connectivity index (χ4n) is 3.55. The number of sulfonamides is 1. The van der Waals surface area contributed by atoms with E-state index in [4.69, 9.17) is 4.74 Å². The molecule has 7 nitrogen and oxygen atoms in total. The lowest BCUT2D eigenvalue weighted by molar-refractivity contribution is 0.102. The number of nitrogens with zero attached hydrogens (tertiary/aromatic N) is 1. The van der Waals surface area contributed by atoms with Gasteiger partial charge < -0.3 is 15.0 Å². The predicted molar refractivity (Wildman–Crippen MR) is 120 cm³/mol. The van der Waals surface area contributed by atoms with Crippen molar-refractivity contribution < 1.29 is 17.9 Å². The summed E-state index contributed by atoms with van der Waals surface area (Å²) in [6, 6.07) is 12.2. The van der Waals surface area contributed by atoms with Crippen LogP contribution in [-0.4, -0.2) is 43.3 Å². The quantitative estimate of drug-likeness (QED) is 0.535. The van der Waals surface area contributed by atoms with Gasteiger partial charge in [-0.05, 0) is 56.2 Å². The molecule has 0 aliphatic carbocycles. The van der Waals surface area contributed by atoms with E-state index in [1.54, 1.807) is 25.1 Å². The van der Waals surface area contributed by atoms with Gasteiger partial charge in [0.25, 0.3) is 5.91 Å². The number of nitrogens with one attached hydrogen (secondary N) is 2. The van der Waals surface area contributed by atoms with Crippen molar-refractivity contribution in [3.8, 4) is 5.75 Å². The largest absolute Gasteiger partial charge is 0.492 e. The number of aromatic amines is 1. The van der Waals surface area contributed by atoms with E-state index in [2.05, 4.69) is 26.2 Å². The summed E-state index contributed by atoms with van der Waals surface area (Å²) in [5.74, 6) is -0.0612. The standard InChI is InChI=1S/C21H22BrN3O4S/c1-2-29-19-8-7-16(13-20(19)30(27,28)25-9-3-4-10-25)23-21(26)18-11-14-5-6-15(22)12-17(14)24-18/h5-8,11-13,24H,2-4,9-10H2,1H3,(H,23,26). The second-order valence-electron chi connectivity index (χ2n) is 7.07. The Kier molecular flexibility index (Phi) is 5.86. The van der Waals surface area contributed by atoms with Crippen molar-refractivity contribution in [2.45, 2.75) is 24.7 Å². The van der Waals surface area contributed by atoms with Gasteiger partial charge in [-0.3, -0.25) is 4.79 Å². The minimum Gasteiger partial charge on any atom is -0.492 e. The van der Waals surface area contributed by atoms with Crippen LogP contribution in [0.1, 0.15) is 30.3 Å². The molecule has 2 N–H and O–H groups in total. The van der Waals surface area contributed by atoms with Crippen LogP contribution in [0.3, 0.4) is 0 Å². The van der Waals surface area contributed by atoms with Gasteiger partial charge in [-0.1, -0.05) is 22.0 Å². The number of carbonyl (C=O) groups is 1. The van der Waals surface area contributed by atoms with Crippen molar-refractivity contribution in [1.82, 2.24) is 9.29 Å². The molecule has 158 valence electrons. The molecule has 9 heteroatoms. The van der Waals surface area contributed by atoms with E-state index in [0.29, 0.717) is 31.1 Å². The monoisotopic (exact) mass is 491 g/mol. The Morgan fingerprint density at radius 2 is 1.93 bits per heavy atom. The summed E-state index contributed by atoms with van der Waals surface area (Å²) in [6.45, 7) is 3.14. The van der Waals surface area contributed by atoms with E-state index in [9.17, 15) is 13.2 Å². The molecule has 2 heterocycles. The fourth-order valence-corrected chi connectivity index (χ4v) is 5.59. The molecule has 0 bridgehead atoms. The van der Waals surface area contributed by atoms with E-state index in [0.717, 1.165) is 28.2 Å². The zero-order valence-corrected chi connectivity index (χ0v) is 18.8. The molecule has 0 saturated carbocycles. The second-order valence-corrected chi connectivity index (χ2v) is 9.90. The van der Waals surface area contributed by atoms with E-state index in [1.165, 1.54) is 10.4 Å². The van der Waals surface area contributed by atoms with Gasteiger partial charge in [0.05, 0.1) is 6.61 Å². The lowest BCUT2D eigenvalue weighted by Crippen LogP contribution is -2.28. The van der Waals surface area contributed by atoms with Crippen LogP contribution in [0.4, 0.5) is 5.69 Å².